The van der Waals surface area contributed by atoms with Gasteiger partial charge in [-0.25, -0.2) is 0 Å². The zero-order chi connectivity index (χ0) is 12.1. The molecule has 17 heavy (non-hydrogen) atoms. The quantitative estimate of drug-likeness (QED) is 0.876. The minimum atomic E-state index is 0.250. The molecule has 0 bridgehead atoms. The van der Waals surface area contributed by atoms with E-state index in [4.69, 9.17) is 5.11 Å². The SMILES string of the molecule is OCCCC1=CNCN1Cc1ccccc1Br. The number of halogens is 1. The average Bonchev–Trinajstić information content (AvgIpc) is 2.77. The number of benzene rings is 1. The van der Waals surface area contributed by atoms with Crippen LogP contribution in [0.1, 0.15) is 18.4 Å². The van der Waals surface area contributed by atoms with E-state index in [2.05, 4.69) is 44.3 Å². The van der Waals surface area contributed by atoms with E-state index in [9.17, 15) is 0 Å². The molecule has 0 fully saturated rings. The summed E-state index contributed by atoms with van der Waals surface area (Å²) in [6, 6.07) is 8.28. The van der Waals surface area contributed by atoms with Crippen molar-refractivity contribution in [3.05, 3.63) is 46.2 Å². The van der Waals surface area contributed by atoms with Gasteiger partial charge in [0.05, 0.1) is 6.67 Å². The smallest absolute Gasteiger partial charge is 0.0873 e. The van der Waals surface area contributed by atoms with E-state index >= 15 is 0 Å². The highest BCUT2D eigenvalue weighted by molar-refractivity contribution is 9.10. The lowest BCUT2D eigenvalue weighted by Gasteiger charge is -2.22. The van der Waals surface area contributed by atoms with Gasteiger partial charge in [-0.1, -0.05) is 34.1 Å². The normalized spacial score (nSPS) is 14.7. The van der Waals surface area contributed by atoms with Crippen molar-refractivity contribution in [1.29, 1.82) is 0 Å². The lowest BCUT2D eigenvalue weighted by atomic mass is 10.2. The largest absolute Gasteiger partial charge is 0.396 e. The van der Waals surface area contributed by atoms with Crippen molar-refractivity contribution in [2.24, 2.45) is 0 Å². The number of aliphatic hydroxyl groups excluding tert-OH is 1. The maximum Gasteiger partial charge on any atom is 0.0873 e. The van der Waals surface area contributed by atoms with E-state index in [-0.39, 0.29) is 6.61 Å². The van der Waals surface area contributed by atoms with E-state index in [1.807, 2.05) is 12.3 Å². The number of hydrogen-bond donors (Lipinski definition) is 2. The standard InChI is InChI=1S/C13H17BrN2O/c14-13-6-2-1-4-11(13)9-16-10-15-8-12(16)5-3-7-17/h1-2,4,6,8,15,17H,3,5,7,9-10H2. The molecule has 2 rings (SSSR count). The Bertz CT molecular complexity index is 406. The molecule has 0 saturated heterocycles. The Labute approximate surface area is 110 Å². The molecule has 0 radical (unpaired) electrons. The van der Waals surface area contributed by atoms with Crippen LogP contribution in [0.4, 0.5) is 0 Å². The highest BCUT2D eigenvalue weighted by atomic mass is 79.9. The van der Waals surface area contributed by atoms with Crippen molar-refractivity contribution < 1.29 is 5.11 Å². The Morgan fingerprint density at radius 1 is 1.35 bits per heavy atom. The second kappa shape index (κ2) is 6.07. The monoisotopic (exact) mass is 296 g/mol. The van der Waals surface area contributed by atoms with Crippen molar-refractivity contribution in [1.82, 2.24) is 10.2 Å². The predicted octanol–water partition coefficient (Wildman–Crippen LogP) is 2.43. The topological polar surface area (TPSA) is 35.5 Å². The van der Waals surface area contributed by atoms with Gasteiger partial charge < -0.3 is 15.3 Å². The summed E-state index contributed by atoms with van der Waals surface area (Å²) < 4.78 is 1.15. The average molecular weight is 297 g/mol. The van der Waals surface area contributed by atoms with Crippen molar-refractivity contribution in [2.45, 2.75) is 19.4 Å². The molecular formula is C13H17BrN2O. The van der Waals surface area contributed by atoms with Crippen LogP contribution >= 0.6 is 15.9 Å². The van der Waals surface area contributed by atoms with Crippen molar-refractivity contribution >= 4 is 15.9 Å². The van der Waals surface area contributed by atoms with Gasteiger partial charge in [-0.05, 0) is 24.5 Å². The van der Waals surface area contributed by atoms with Gasteiger partial charge in [0, 0.05) is 29.5 Å². The molecule has 0 aromatic heterocycles. The molecule has 1 aliphatic rings. The van der Waals surface area contributed by atoms with Crippen LogP contribution in [0.25, 0.3) is 0 Å². The molecule has 2 N–H and O–H groups in total. The summed E-state index contributed by atoms with van der Waals surface area (Å²) in [7, 11) is 0. The van der Waals surface area contributed by atoms with Gasteiger partial charge in [0.1, 0.15) is 0 Å². The van der Waals surface area contributed by atoms with Gasteiger partial charge in [0.25, 0.3) is 0 Å². The zero-order valence-corrected chi connectivity index (χ0v) is 11.3. The molecular weight excluding hydrogens is 280 g/mol. The van der Waals surface area contributed by atoms with Crippen molar-refractivity contribution in [3.8, 4) is 0 Å². The molecule has 0 aliphatic carbocycles. The van der Waals surface area contributed by atoms with Crippen molar-refractivity contribution in [3.63, 3.8) is 0 Å². The molecule has 0 atom stereocenters. The summed E-state index contributed by atoms with van der Waals surface area (Å²) in [5.41, 5.74) is 2.56. The van der Waals surface area contributed by atoms with Crippen LogP contribution in [-0.4, -0.2) is 23.3 Å². The van der Waals surface area contributed by atoms with E-state index in [1.54, 1.807) is 0 Å². The van der Waals surface area contributed by atoms with Crippen LogP contribution in [0.5, 0.6) is 0 Å². The first-order valence-corrected chi connectivity index (χ1v) is 6.62. The maximum absolute atomic E-state index is 8.87. The van der Waals surface area contributed by atoms with E-state index in [1.165, 1.54) is 11.3 Å². The summed E-state index contributed by atoms with van der Waals surface area (Å²) in [6.45, 7) is 1.99. The Kier molecular flexibility index (Phi) is 4.45. The lowest BCUT2D eigenvalue weighted by molar-refractivity contribution is 0.276. The third-order valence-electron chi connectivity index (χ3n) is 2.87. The minimum Gasteiger partial charge on any atom is -0.396 e. The van der Waals surface area contributed by atoms with Gasteiger partial charge in [-0.3, -0.25) is 0 Å². The van der Waals surface area contributed by atoms with Gasteiger partial charge >= 0.3 is 0 Å². The fourth-order valence-electron chi connectivity index (χ4n) is 1.95. The summed E-state index contributed by atoms with van der Waals surface area (Å²) in [5.74, 6) is 0. The first-order valence-electron chi connectivity index (χ1n) is 5.83. The fraction of sp³-hybridized carbons (Fsp3) is 0.385. The minimum absolute atomic E-state index is 0.250. The summed E-state index contributed by atoms with van der Waals surface area (Å²) >= 11 is 3.57. The maximum atomic E-state index is 8.87. The molecule has 1 aromatic carbocycles. The van der Waals surface area contributed by atoms with Gasteiger partial charge in [-0.15, -0.1) is 0 Å². The molecule has 1 aromatic rings. The molecule has 0 amide bonds. The lowest BCUT2D eigenvalue weighted by Crippen LogP contribution is -2.23. The number of nitrogens with zero attached hydrogens (tertiary/aromatic N) is 1. The zero-order valence-electron chi connectivity index (χ0n) is 9.69. The van der Waals surface area contributed by atoms with Crippen LogP contribution in [0.15, 0.2) is 40.6 Å². The van der Waals surface area contributed by atoms with E-state index in [0.717, 1.165) is 30.5 Å². The molecule has 0 saturated carbocycles. The molecule has 1 aliphatic heterocycles. The van der Waals surface area contributed by atoms with Crippen LogP contribution in [0.2, 0.25) is 0 Å². The summed E-state index contributed by atoms with van der Waals surface area (Å²) in [4.78, 5) is 2.30. The van der Waals surface area contributed by atoms with Crippen LogP contribution in [-0.2, 0) is 6.54 Å². The molecule has 3 nitrogen and oxygen atoms in total. The number of aliphatic hydroxyl groups is 1. The first-order chi connectivity index (χ1) is 8.31. The Balaban J connectivity index is 1.99. The third-order valence-corrected chi connectivity index (χ3v) is 3.64. The van der Waals surface area contributed by atoms with Gasteiger partial charge in [0.15, 0.2) is 0 Å². The number of nitrogens with one attached hydrogen (secondary N) is 1. The molecule has 0 spiro atoms. The number of rotatable bonds is 5. The number of allylic oxidation sites excluding steroid dienone is 1. The Hall–Kier alpha value is -1.000. The molecule has 4 heteroatoms. The first kappa shape index (κ1) is 12.5. The predicted molar refractivity (Wildman–Crippen MR) is 72.1 cm³/mol. The van der Waals surface area contributed by atoms with Crippen molar-refractivity contribution in [2.75, 3.05) is 13.3 Å². The Morgan fingerprint density at radius 3 is 2.94 bits per heavy atom. The molecule has 0 unspecified atom stereocenters. The summed E-state index contributed by atoms with van der Waals surface area (Å²) in [5, 5.41) is 12.1. The van der Waals surface area contributed by atoms with Crippen LogP contribution in [0, 0.1) is 0 Å². The summed E-state index contributed by atoms with van der Waals surface area (Å²) in [6.07, 6.45) is 3.79. The third kappa shape index (κ3) is 3.23. The highest BCUT2D eigenvalue weighted by Gasteiger charge is 2.15. The van der Waals surface area contributed by atoms with Crippen LogP contribution in [0.3, 0.4) is 0 Å². The van der Waals surface area contributed by atoms with Gasteiger partial charge in [-0.2, -0.15) is 0 Å². The highest BCUT2D eigenvalue weighted by Crippen LogP contribution is 2.22. The van der Waals surface area contributed by atoms with Gasteiger partial charge in [0.2, 0.25) is 0 Å². The second-order valence-corrected chi connectivity index (χ2v) is 4.97. The van der Waals surface area contributed by atoms with E-state index < -0.39 is 0 Å². The van der Waals surface area contributed by atoms with E-state index in [0.29, 0.717) is 0 Å². The fourth-order valence-corrected chi connectivity index (χ4v) is 2.36. The number of hydrogen-bond acceptors (Lipinski definition) is 3. The second-order valence-electron chi connectivity index (χ2n) is 4.11. The molecule has 92 valence electrons. The molecule has 1 heterocycles. The van der Waals surface area contributed by atoms with Crippen LogP contribution < -0.4 is 5.32 Å². The Morgan fingerprint density at radius 2 is 2.18 bits per heavy atom.